The molecule has 0 aromatic heterocycles. The van der Waals surface area contributed by atoms with E-state index in [9.17, 15) is 9.59 Å². The highest BCUT2D eigenvalue weighted by molar-refractivity contribution is 6.02. The van der Waals surface area contributed by atoms with Crippen molar-refractivity contribution in [1.82, 2.24) is 5.32 Å². The third-order valence-electron chi connectivity index (χ3n) is 4.65. The topological polar surface area (TPSA) is 93.9 Å². The van der Waals surface area contributed by atoms with E-state index in [1.165, 1.54) is 4.90 Å². The van der Waals surface area contributed by atoms with Gasteiger partial charge in [-0.1, -0.05) is 13.0 Å². The zero-order chi connectivity index (χ0) is 17.8. The van der Waals surface area contributed by atoms with E-state index in [-0.39, 0.29) is 37.1 Å². The number of carbonyl (C=O) groups is 2. The summed E-state index contributed by atoms with van der Waals surface area (Å²) in [6.45, 7) is 3.13. The van der Waals surface area contributed by atoms with Crippen molar-refractivity contribution in [2.45, 2.75) is 38.3 Å². The van der Waals surface area contributed by atoms with Crippen LogP contribution in [0.4, 0.5) is 5.69 Å². The third kappa shape index (κ3) is 4.11. The van der Waals surface area contributed by atoms with Crippen LogP contribution in [-0.2, 0) is 14.3 Å². The van der Waals surface area contributed by atoms with Crippen molar-refractivity contribution >= 4 is 17.5 Å². The van der Waals surface area contributed by atoms with Crippen molar-refractivity contribution in [3.8, 4) is 5.75 Å². The quantitative estimate of drug-likeness (QED) is 0.804. The number of ether oxygens (including phenoxy) is 2. The molecule has 2 amide bonds. The zero-order valence-corrected chi connectivity index (χ0v) is 14.5. The number of nitrogens with one attached hydrogen (secondary N) is 1. The van der Waals surface area contributed by atoms with Gasteiger partial charge in [-0.05, 0) is 37.0 Å². The molecule has 0 saturated carbocycles. The van der Waals surface area contributed by atoms with Crippen molar-refractivity contribution in [2.24, 2.45) is 5.73 Å². The Labute approximate surface area is 147 Å². The monoisotopic (exact) mass is 347 g/mol. The summed E-state index contributed by atoms with van der Waals surface area (Å²) in [5.41, 5.74) is 7.61. The molecule has 1 fully saturated rings. The van der Waals surface area contributed by atoms with E-state index in [1.54, 1.807) is 0 Å². The van der Waals surface area contributed by atoms with Gasteiger partial charge in [-0.2, -0.15) is 0 Å². The SMILES string of the molecule is CCC(N)c1ccc2c(c1)N(CC(=O)NCC1CCCO1)C(=O)CO2. The molecular formula is C18H25N3O4. The van der Waals surface area contributed by atoms with Crippen LogP contribution < -0.4 is 20.7 Å². The van der Waals surface area contributed by atoms with Gasteiger partial charge in [0.1, 0.15) is 12.3 Å². The Kier molecular flexibility index (Phi) is 5.55. The summed E-state index contributed by atoms with van der Waals surface area (Å²) in [4.78, 5) is 26.0. The van der Waals surface area contributed by atoms with Crippen LogP contribution >= 0.6 is 0 Å². The van der Waals surface area contributed by atoms with Crippen LogP contribution in [0, 0.1) is 0 Å². The lowest BCUT2D eigenvalue weighted by Crippen LogP contribution is -2.46. The number of fused-ring (bicyclic) bond motifs is 1. The van der Waals surface area contributed by atoms with Gasteiger partial charge in [-0.15, -0.1) is 0 Å². The molecule has 2 atom stereocenters. The fraction of sp³-hybridized carbons (Fsp3) is 0.556. The van der Waals surface area contributed by atoms with E-state index in [4.69, 9.17) is 15.2 Å². The lowest BCUT2D eigenvalue weighted by molar-refractivity contribution is -0.125. The lowest BCUT2D eigenvalue weighted by atomic mass is 10.0. The van der Waals surface area contributed by atoms with Crippen LogP contribution in [0.25, 0.3) is 0 Å². The maximum Gasteiger partial charge on any atom is 0.265 e. The van der Waals surface area contributed by atoms with Gasteiger partial charge >= 0.3 is 0 Å². The summed E-state index contributed by atoms with van der Waals surface area (Å²) in [5, 5.41) is 2.85. The molecule has 0 bridgehead atoms. The van der Waals surface area contributed by atoms with Gasteiger partial charge in [0.05, 0.1) is 11.8 Å². The number of rotatable bonds is 6. The first kappa shape index (κ1) is 17.7. The van der Waals surface area contributed by atoms with Crippen LogP contribution in [0.15, 0.2) is 18.2 Å². The molecule has 0 spiro atoms. The molecule has 136 valence electrons. The first-order chi connectivity index (χ1) is 12.1. The number of hydrogen-bond donors (Lipinski definition) is 2. The molecule has 2 unspecified atom stereocenters. The summed E-state index contributed by atoms with van der Waals surface area (Å²) in [7, 11) is 0. The minimum absolute atomic E-state index is 0.0350. The van der Waals surface area contributed by atoms with E-state index in [1.807, 2.05) is 25.1 Å². The number of nitrogens with two attached hydrogens (primary N) is 1. The number of hydrogen-bond acceptors (Lipinski definition) is 5. The fourth-order valence-electron chi connectivity index (χ4n) is 3.09. The summed E-state index contributed by atoms with van der Waals surface area (Å²) >= 11 is 0. The maximum atomic E-state index is 12.3. The Bertz CT molecular complexity index is 643. The average Bonchev–Trinajstić information content (AvgIpc) is 3.15. The maximum absolute atomic E-state index is 12.3. The number of nitrogens with zero attached hydrogens (tertiary/aromatic N) is 1. The van der Waals surface area contributed by atoms with Crippen LogP contribution in [-0.4, -0.2) is 44.2 Å². The summed E-state index contributed by atoms with van der Waals surface area (Å²) in [5.74, 6) is 0.155. The Morgan fingerprint density at radius 3 is 3.04 bits per heavy atom. The lowest BCUT2D eigenvalue weighted by Gasteiger charge is -2.30. The highest BCUT2D eigenvalue weighted by Gasteiger charge is 2.28. The summed E-state index contributed by atoms with van der Waals surface area (Å²) in [6.07, 6.45) is 2.84. The van der Waals surface area contributed by atoms with Crippen molar-refractivity contribution < 1.29 is 19.1 Å². The van der Waals surface area contributed by atoms with Gasteiger partial charge in [0.15, 0.2) is 6.61 Å². The molecule has 1 saturated heterocycles. The number of carbonyl (C=O) groups excluding carboxylic acids is 2. The van der Waals surface area contributed by atoms with Crippen LogP contribution in [0.2, 0.25) is 0 Å². The van der Waals surface area contributed by atoms with Gasteiger partial charge in [-0.3, -0.25) is 14.5 Å². The smallest absolute Gasteiger partial charge is 0.265 e. The minimum atomic E-state index is -0.234. The van der Waals surface area contributed by atoms with Crippen LogP contribution in [0.3, 0.4) is 0 Å². The molecular weight excluding hydrogens is 322 g/mol. The van der Waals surface area contributed by atoms with Gasteiger partial charge in [0.25, 0.3) is 5.91 Å². The first-order valence-electron chi connectivity index (χ1n) is 8.79. The molecule has 7 nitrogen and oxygen atoms in total. The highest BCUT2D eigenvalue weighted by Crippen LogP contribution is 2.34. The average molecular weight is 347 g/mol. The molecule has 2 aliphatic rings. The molecule has 1 aromatic carbocycles. The Morgan fingerprint density at radius 2 is 2.32 bits per heavy atom. The van der Waals surface area contributed by atoms with Gasteiger partial charge in [-0.25, -0.2) is 0 Å². The number of anilines is 1. The normalized spacial score (nSPS) is 20.8. The molecule has 7 heteroatoms. The molecule has 2 aliphatic heterocycles. The largest absolute Gasteiger partial charge is 0.482 e. The summed E-state index contributed by atoms with van der Waals surface area (Å²) < 4.78 is 11.0. The molecule has 1 aromatic rings. The second-order valence-electron chi connectivity index (χ2n) is 6.45. The molecule has 3 rings (SSSR count). The fourth-order valence-corrected chi connectivity index (χ4v) is 3.09. The van der Waals surface area contributed by atoms with Crippen molar-refractivity contribution in [1.29, 1.82) is 0 Å². The molecule has 2 heterocycles. The van der Waals surface area contributed by atoms with E-state index >= 15 is 0 Å². The second-order valence-corrected chi connectivity index (χ2v) is 6.45. The predicted molar refractivity (Wildman–Crippen MR) is 93.5 cm³/mol. The van der Waals surface area contributed by atoms with Crippen LogP contribution in [0.5, 0.6) is 5.75 Å². The van der Waals surface area contributed by atoms with Gasteiger partial charge in [0.2, 0.25) is 5.91 Å². The molecule has 0 aliphatic carbocycles. The first-order valence-corrected chi connectivity index (χ1v) is 8.79. The zero-order valence-electron chi connectivity index (χ0n) is 14.5. The predicted octanol–water partition coefficient (Wildman–Crippen LogP) is 1.12. The van der Waals surface area contributed by atoms with E-state index in [0.29, 0.717) is 18.0 Å². The second kappa shape index (κ2) is 7.84. The standard InChI is InChI=1S/C18H25N3O4/c1-2-14(19)12-5-6-16-15(8-12)21(18(23)11-25-16)10-17(22)20-9-13-4-3-7-24-13/h5-6,8,13-14H,2-4,7,9-11,19H2,1H3,(H,20,22). The van der Waals surface area contributed by atoms with Crippen molar-refractivity contribution in [3.63, 3.8) is 0 Å². The van der Waals surface area contributed by atoms with Crippen LogP contribution in [0.1, 0.15) is 37.8 Å². The van der Waals surface area contributed by atoms with E-state index < -0.39 is 0 Å². The number of amides is 2. The molecule has 3 N–H and O–H groups in total. The minimum Gasteiger partial charge on any atom is -0.482 e. The van der Waals surface area contributed by atoms with Crippen molar-refractivity contribution in [3.05, 3.63) is 23.8 Å². The third-order valence-corrected chi connectivity index (χ3v) is 4.65. The molecule has 0 radical (unpaired) electrons. The number of benzene rings is 1. The molecule has 25 heavy (non-hydrogen) atoms. The van der Waals surface area contributed by atoms with E-state index in [0.717, 1.165) is 31.4 Å². The highest BCUT2D eigenvalue weighted by atomic mass is 16.5. The Balaban J connectivity index is 1.70. The van der Waals surface area contributed by atoms with Gasteiger partial charge < -0.3 is 20.5 Å². The van der Waals surface area contributed by atoms with E-state index in [2.05, 4.69) is 5.32 Å². The Hall–Kier alpha value is -2.12. The van der Waals surface area contributed by atoms with Crippen molar-refractivity contribution in [2.75, 3.05) is 31.2 Å². The summed E-state index contributed by atoms with van der Waals surface area (Å²) in [6, 6.07) is 5.44. The Morgan fingerprint density at radius 1 is 1.48 bits per heavy atom. The van der Waals surface area contributed by atoms with Gasteiger partial charge in [0, 0.05) is 19.2 Å².